The van der Waals surface area contributed by atoms with Crippen molar-refractivity contribution in [2.45, 2.75) is 71.6 Å². The molecular formula is C24H30N4O4. The molecule has 32 heavy (non-hydrogen) atoms. The van der Waals surface area contributed by atoms with Crippen LogP contribution in [0.15, 0.2) is 24.3 Å². The highest BCUT2D eigenvalue weighted by molar-refractivity contribution is 6.00. The van der Waals surface area contributed by atoms with E-state index in [0.717, 1.165) is 11.4 Å². The number of carbonyl (C=O) groups is 3. The number of hydrogen-bond acceptors (Lipinski definition) is 5. The summed E-state index contributed by atoms with van der Waals surface area (Å²) < 4.78 is 8.12. The van der Waals surface area contributed by atoms with Crippen LogP contribution in [0.2, 0.25) is 0 Å². The number of fused-ring (bicyclic) bond motifs is 1. The molecule has 1 aromatic carbocycles. The zero-order valence-electron chi connectivity index (χ0n) is 19.1. The fourth-order valence-corrected chi connectivity index (χ4v) is 4.74. The van der Waals surface area contributed by atoms with Gasteiger partial charge in [0, 0.05) is 25.9 Å². The molecular weight excluding hydrogens is 408 g/mol. The van der Waals surface area contributed by atoms with Crippen LogP contribution in [0.25, 0.3) is 0 Å². The molecule has 8 nitrogen and oxygen atoms in total. The van der Waals surface area contributed by atoms with Crippen LogP contribution in [0.4, 0.5) is 5.69 Å². The third kappa shape index (κ3) is 3.89. The first-order valence-electron chi connectivity index (χ1n) is 11.2. The molecule has 1 saturated heterocycles. The first-order valence-corrected chi connectivity index (χ1v) is 11.2. The number of carbonyl (C=O) groups excluding carboxylic acids is 3. The van der Waals surface area contributed by atoms with Gasteiger partial charge in [0.2, 0.25) is 11.8 Å². The second-order valence-corrected chi connectivity index (χ2v) is 8.75. The maximum absolute atomic E-state index is 13.0. The van der Waals surface area contributed by atoms with Gasteiger partial charge in [0.05, 0.1) is 29.1 Å². The number of hydrogen-bond donors (Lipinski definition) is 1. The Morgan fingerprint density at radius 3 is 2.72 bits per heavy atom. The van der Waals surface area contributed by atoms with Gasteiger partial charge in [-0.25, -0.2) is 0 Å². The predicted molar refractivity (Wildman–Crippen MR) is 120 cm³/mol. The maximum Gasteiger partial charge on any atom is 0.246 e. The van der Waals surface area contributed by atoms with E-state index in [-0.39, 0.29) is 30.4 Å². The van der Waals surface area contributed by atoms with Crippen molar-refractivity contribution in [3.63, 3.8) is 0 Å². The van der Waals surface area contributed by atoms with E-state index < -0.39 is 11.6 Å². The van der Waals surface area contributed by atoms with E-state index in [9.17, 15) is 14.4 Å². The number of nitrogens with one attached hydrogen (secondary N) is 1. The molecule has 8 heteroatoms. The van der Waals surface area contributed by atoms with Crippen LogP contribution in [-0.4, -0.2) is 50.5 Å². The summed E-state index contributed by atoms with van der Waals surface area (Å²) in [5.41, 5.74) is 2.22. The summed E-state index contributed by atoms with van der Waals surface area (Å²) >= 11 is 0. The van der Waals surface area contributed by atoms with Crippen molar-refractivity contribution in [1.29, 1.82) is 0 Å². The van der Waals surface area contributed by atoms with Gasteiger partial charge in [-0.2, -0.15) is 5.10 Å². The molecule has 2 amide bonds. The van der Waals surface area contributed by atoms with Gasteiger partial charge in [0.15, 0.2) is 5.78 Å². The molecule has 1 fully saturated rings. The average Bonchev–Trinajstić information content (AvgIpc) is 2.94. The Bertz CT molecular complexity index is 1080. The van der Waals surface area contributed by atoms with Crippen molar-refractivity contribution in [2.75, 3.05) is 11.9 Å². The number of ketones is 1. The number of nitrogens with zero attached hydrogens (tertiary/aromatic N) is 3. The van der Waals surface area contributed by atoms with Crippen molar-refractivity contribution < 1.29 is 19.1 Å². The third-order valence-electron chi connectivity index (χ3n) is 6.70. The number of benzene rings is 1. The lowest BCUT2D eigenvalue weighted by Crippen LogP contribution is -2.47. The molecule has 0 saturated carbocycles. The molecule has 0 bridgehead atoms. The van der Waals surface area contributed by atoms with Gasteiger partial charge in [0.1, 0.15) is 17.4 Å². The minimum Gasteiger partial charge on any atom is -0.486 e. The molecule has 1 N–H and O–H groups in total. The Hall–Kier alpha value is -3.16. The molecule has 170 valence electrons. The monoisotopic (exact) mass is 438 g/mol. The van der Waals surface area contributed by atoms with Crippen molar-refractivity contribution in [2.24, 2.45) is 0 Å². The SMILES string of the molecule is CCn1nc(C)c(NC(=O)C(C)N2CCC3(CCC2=O)CC(=O)c2ccccc2O3)c1C. The smallest absolute Gasteiger partial charge is 0.246 e. The van der Waals surface area contributed by atoms with Crippen molar-refractivity contribution in [3.8, 4) is 5.75 Å². The Kier molecular flexibility index (Phi) is 5.79. The number of anilines is 1. The number of rotatable bonds is 4. The Morgan fingerprint density at radius 1 is 1.25 bits per heavy atom. The molecule has 2 aromatic rings. The van der Waals surface area contributed by atoms with Gasteiger partial charge in [0.25, 0.3) is 0 Å². The Morgan fingerprint density at radius 2 is 2.00 bits per heavy atom. The standard InChI is InChI=1S/C24H30N4O4/c1-5-28-16(3)22(15(2)26-28)25-23(31)17(4)27-13-12-24(11-10-21(27)30)14-19(29)18-8-6-7-9-20(18)32-24/h6-9,17H,5,10-14H2,1-4H3,(H,25,31). The van der Waals surface area contributed by atoms with Gasteiger partial charge < -0.3 is 15.0 Å². The van der Waals surface area contributed by atoms with E-state index in [0.29, 0.717) is 42.9 Å². The van der Waals surface area contributed by atoms with E-state index in [1.807, 2.05) is 37.6 Å². The fraction of sp³-hybridized carbons (Fsp3) is 0.500. The molecule has 0 aliphatic carbocycles. The summed E-state index contributed by atoms with van der Waals surface area (Å²) in [6.07, 6.45) is 1.44. The number of aromatic nitrogens is 2. The Balaban J connectivity index is 1.49. The highest BCUT2D eigenvalue weighted by Crippen LogP contribution is 2.39. The van der Waals surface area contributed by atoms with E-state index in [1.54, 1.807) is 24.0 Å². The third-order valence-corrected chi connectivity index (χ3v) is 6.70. The number of ether oxygens (including phenoxy) is 1. The minimum atomic E-state index is -0.707. The van der Waals surface area contributed by atoms with Crippen molar-refractivity contribution in [1.82, 2.24) is 14.7 Å². The lowest BCUT2D eigenvalue weighted by atomic mass is 9.84. The molecule has 2 atom stereocenters. The zero-order chi connectivity index (χ0) is 23.0. The second-order valence-electron chi connectivity index (χ2n) is 8.75. The normalized spacial score (nSPS) is 21.7. The summed E-state index contributed by atoms with van der Waals surface area (Å²) in [5.74, 6) is 0.269. The van der Waals surface area contributed by atoms with Gasteiger partial charge in [-0.1, -0.05) is 12.1 Å². The molecule has 0 radical (unpaired) electrons. The van der Waals surface area contributed by atoms with Crippen LogP contribution in [0.5, 0.6) is 5.75 Å². The van der Waals surface area contributed by atoms with E-state index in [2.05, 4.69) is 10.4 Å². The zero-order valence-corrected chi connectivity index (χ0v) is 19.1. The highest BCUT2D eigenvalue weighted by Gasteiger charge is 2.44. The fourth-order valence-electron chi connectivity index (χ4n) is 4.74. The quantitative estimate of drug-likeness (QED) is 0.791. The first-order chi connectivity index (χ1) is 15.2. The van der Waals surface area contributed by atoms with Gasteiger partial charge >= 0.3 is 0 Å². The van der Waals surface area contributed by atoms with E-state index in [1.165, 1.54) is 0 Å². The number of aryl methyl sites for hydroxylation is 2. The minimum absolute atomic E-state index is 0.0393. The lowest BCUT2D eigenvalue weighted by Gasteiger charge is -2.37. The average molecular weight is 439 g/mol. The molecule has 3 heterocycles. The van der Waals surface area contributed by atoms with Crippen LogP contribution < -0.4 is 10.1 Å². The van der Waals surface area contributed by atoms with Crippen LogP contribution in [0, 0.1) is 13.8 Å². The number of amides is 2. The number of para-hydroxylation sites is 1. The lowest BCUT2D eigenvalue weighted by molar-refractivity contribution is -0.137. The number of likely N-dealkylation sites (tertiary alicyclic amines) is 1. The van der Waals surface area contributed by atoms with Crippen LogP contribution >= 0.6 is 0 Å². The topological polar surface area (TPSA) is 93.5 Å². The summed E-state index contributed by atoms with van der Waals surface area (Å²) in [4.78, 5) is 40.3. The summed E-state index contributed by atoms with van der Waals surface area (Å²) in [5, 5.41) is 7.40. The number of Topliss-reactive ketones (excluding diaryl/α,β-unsaturated/α-hetero) is 1. The maximum atomic E-state index is 13.0. The van der Waals surface area contributed by atoms with E-state index in [4.69, 9.17) is 4.74 Å². The van der Waals surface area contributed by atoms with Crippen molar-refractivity contribution >= 4 is 23.3 Å². The van der Waals surface area contributed by atoms with Gasteiger partial charge in [-0.05, 0) is 46.2 Å². The van der Waals surface area contributed by atoms with Gasteiger partial charge in [-0.3, -0.25) is 19.1 Å². The molecule has 1 aromatic heterocycles. The summed E-state index contributed by atoms with van der Waals surface area (Å²) in [7, 11) is 0. The molecule has 1 spiro atoms. The second kappa shape index (κ2) is 8.41. The summed E-state index contributed by atoms with van der Waals surface area (Å²) in [6, 6.07) is 6.60. The Labute approximate surface area is 187 Å². The largest absolute Gasteiger partial charge is 0.486 e. The van der Waals surface area contributed by atoms with E-state index >= 15 is 0 Å². The molecule has 2 unspecified atom stereocenters. The predicted octanol–water partition coefficient (Wildman–Crippen LogP) is 3.26. The van der Waals surface area contributed by atoms with Crippen LogP contribution in [0.3, 0.4) is 0 Å². The van der Waals surface area contributed by atoms with Gasteiger partial charge in [-0.15, -0.1) is 0 Å². The molecule has 2 aliphatic rings. The van der Waals surface area contributed by atoms with Crippen LogP contribution in [0.1, 0.15) is 61.3 Å². The highest BCUT2D eigenvalue weighted by atomic mass is 16.5. The van der Waals surface area contributed by atoms with Crippen molar-refractivity contribution in [3.05, 3.63) is 41.2 Å². The first kappa shape index (κ1) is 22.0. The van der Waals surface area contributed by atoms with Crippen LogP contribution in [-0.2, 0) is 16.1 Å². The molecule has 2 aliphatic heterocycles. The molecule has 4 rings (SSSR count). The summed E-state index contributed by atoms with van der Waals surface area (Å²) in [6.45, 7) is 8.58.